The minimum absolute atomic E-state index is 0.204. The van der Waals surface area contributed by atoms with Gasteiger partial charge in [-0.2, -0.15) is 0 Å². The van der Waals surface area contributed by atoms with Gasteiger partial charge in [0.1, 0.15) is 5.75 Å². The number of aromatic nitrogens is 1. The van der Waals surface area contributed by atoms with Gasteiger partial charge in [0.15, 0.2) is 0 Å². The number of rotatable bonds is 16. The highest BCUT2D eigenvalue weighted by atomic mass is 16.5. The Hall–Kier alpha value is -2.46. The maximum Gasteiger partial charge on any atom is 0.311 e. The molecule has 0 amide bonds. The number of allylic oxidation sites excluding steroid dienone is 2. The number of ether oxygens (including phenoxy) is 2. The molecule has 0 saturated carbocycles. The third-order valence-corrected chi connectivity index (χ3v) is 5.19. The van der Waals surface area contributed by atoms with E-state index >= 15 is 0 Å². The maximum absolute atomic E-state index is 12.0. The second-order valence-electron chi connectivity index (χ2n) is 8.13. The molecule has 0 unspecified atom stereocenters. The number of esters is 1. The normalized spacial score (nSPS) is 11.2. The van der Waals surface area contributed by atoms with E-state index < -0.39 is 0 Å². The van der Waals surface area contributed by atoms with Crippen molar-refractivity contribution in [2.45, 2.75) is 78.1 Å². The van der Waals surface area contributed by atoms with Crippen molar-refractivity contribution in [3.05, 3.63) is 60.3 Å². The lowest BCUT2D eigenvalue weighted by Crippen LogP contribution is -2.07. The topological polar surface area (TPSA) is 48.4 Å². The predicted molar refractivity (Wildman–Crippen MR) is 132 cm³/mol. The van der Waals surface area contributed by atoms with Gasteiger partial charge in [-0.3, -0.25) is 9.78 Å². The summed E-state index contributed by atoms with van der Waals surface area (Å²) in [6.07, 6.45) is 16.0. The number of carbonyl (C=O) groups is 1. The SMILES string of the molecule is CCC/C=C\CCCC(=O)Oc1ccc(-c2ccc(CCCCCOCCC)cc2)nc1. The molecule has 0 spiro atoms. The summed E-state index contributed by atoms with van der Waals surface area (Å²) in [5.41, 5.74) is 3.29. The third kappa shape index (κ3) is 10.7. The smallest absolute Gasteiger partial charge is 0.311 e. The zero-order valence-corrected chi connectivity index (χ0v) is 19.9. The van der Waals surface area contributed by atoms with Crippen molar-refractivity contribution < 1.29 is 14.3 Å². The van der Waals surface area contributed by atoms with E-state index in [-0.39, 0.29) is 5.97 Å². The molecule has 0 N–H and O–H groups in total. The van der Waals surface area contributed by atoms with Crippen molar-refractivity contribution in [2.75, 3.05) is 13.2 Å². The fourth-order valence-electron chi connectivity index (χ4n) is 3.36. The zero-order valence-electron chi connectivity index (χ0n) is 19.9. The molecular formula is C28H39NO3. The van der Waals surface area contributed by atoms with Crippen molar-refractivity contribution in [1.29, 1.82) is 0 Å². The highest BCUT2D eigenvalue weighted by Gasteiger charge is 2.06. The van der Waals surface area contributed by atoms with Crippen LogP contribution in [-0.2, 0) is 16.0 Å². The molecule has 1 heterocycles. The van der Waals surface area contributed by atoms with Gasteiger partial charge < -0.3 is 9.47 Å². The maximum atomic E-state index is 12.0. The second kappa shape index (κ2) is 16.2. The second-order valence-corrected chi connectivity index (χ2v) is 8.13. The van der Waals surface area contributed by atoms with E-state index in [2.05, 4.69) is 55.2 Å². The summed E-state index contributed by atoms with van der Waals surface area (Å²) >= 11 is 0. The minimum Gasteiger partial charge on any atom is -0.425 e. The zero-order chi connectivity index (χ0) is 22.9. The van der Waals surface area contributed by atoms with Crippen LogP contribution in [0, 0.1) is 0 Å². The number of nitrogens with zero attached hydrogens (tertiary/aromatic N) is 1. The molecule has 32 heavy (non-hydrogen) atoms. The third-order valence-electron chi connectivity index (χ3n) is 5.19. The molecule has 0 radical (unpaired) electrons. The fraction of sp³-hybridized carbons (Fsp3) is 0.500. The Morgan fingerprint density at radius 3 is 2.41 bits per heavy atom. The van der Waals surface area contributed by atoms with Gasteiger partial charge in [-0.25, -0.2) is 0 Å². The Balaban J connectivity index is 1.71. The first-order valence-corrected chi connectivity index (χ1v) is 12.2. The van der Waals surface area contributed by atoms with Crippen LogP contribution in [0.25, 0.3) is 11.3 Å². The van der Waals surface area contributed by atoms with E-state index in [4.69, 9.17) is 9.47 Å². The number of pyridine rings is 1. The Morgan fingerprint density at radius 2 is 1.69 bits per heavy atom. The summed E-state index contributed by atoms with van der Waals surface area (Å²) in [5.74, 6) is 0.296. The van der Waals surface area contributed by atoms with E-state index in [1.807, 2.05) is 12.1 Å². The predicted octanol–water partition coefficient (Wildman–Crippen LogP) is 7.32. The van der Waals surface area contributed by atoms with Crippen LogP contribution in [0.5, 0.6) is 5.75 Å². The lowest BCUT2D eigenvalue weighted by atomic mass is 10.0. The van der Waals surface area contributed by atoms with Gasteiger partial charge in [0.2, 0.25) is 0 Å². The molecule has 0 atom stereocenters. The Kier molecular flexibility index (Phi) is 13.1. The van der Waals surface area contributed by atoms with E-state index in [0.29, 0.717) is 12.2 Å². The summed E-state index contributed by atoms with van der Waals surface area (Å²) < 4.78 is 10.9. The first kappa shape index (κ1) is 25.8. The number of hydrogen-bond donors (Lipinski definition) is 0. The van der Waals surface area contributed by atoms with Crippen molar-refractivity contribution in [2.24, 2.45) is 0 Å². The average molecular weight is 438 g/mol. The summed E-state index contributed by atoms with van der Waals surface area (Å²) in [4.78, 5) is 16.5. The molecule has 2 rings (SSSR count). The van der Waals surface area contributed by atoms with Crippen LogP contribution in [0.4, 0.5) is 0 Å². The number of carbonyl (C=O) groups excluding carboxylic acids is 1. The minimum atomic E-state index is -0.204. The summed E-state index contributed by atoms with van der Waals surface area (Å²) in [6, 6.07) is 12.3. The summed E-state index contributed by atoms with van der Waals surface area (Å²) in [6.45, 7) is 6.04. The molecule has 4 heteroatoms. The van der Waals surface area contributed by atoms with Crippen LogP contribution < -0.4 is 4.74 Å². The first-order chi connectivity index (χ1) is 15.7. The molecule has 0 saturated heterocycles. The fourth-order valence-corrected chi connectivity index (χ4v) is 3.36. The molecule has 0 aliphatic carbocycles. The van der Waals surface area contributed by atoms with Crippen LogP contribution in [0.15, 0.2) is 54.7 Å². The summed E-state index contributed by atoms with van der Waals surface area (Å²) in [7, 11) is 0. The van der Waals surface area contributed by atoms with Crippen molar-refractivity contribution in [3.8, 4) is 17.0 Å². The highest BCUT2D eigenvalue weighted by Crippen LogP contribution is 2.21. The number of aryl methyl sites for hydroxylation is 1. The quantitative estimate of drug-likeness (QED) is 0.157. The molecule has 0 aliphatic heterocycles. The molecule has 4 nitrogen and oxygen atoms in total. The van der Waals surface area contributed by atoms with Gasteiger partial charge >= 0.3 is 5.97 Å². The van der Waals surface area contributed by atoms with Crippen LogP contribution in [0.3, 0.4) is 0 Å². The van der Waals surface area contributed by atoms with Gasteiger partial charge in [0.05, 0.1) is 11.9 Å². The molecule has 1 aromatic carbocycles. The van der Waals surface area contributed by atoms with Crippen molar-refractivity contribution >= 4 is 5.97 Å². The standard InChI is InChI=1S/C28H39NO3/c1-3-5-6-7-8-11-14-28(30)32-26-19-20-27(29-23-26)25-17-15-24(16-18-25)13-10-9-12-22-31-21-4-2/h6-7,15-20,23H,3-5,8-14,21-22H2,1-2H3/b7-6-. The van der Waals surface area contributed by atoms with E-state index in [1.165, 1.54) is 18.4 Å². The monoisotopic (exact) mass is 437 g/mol. The largest absolute Gasteiger partial charge is 0.425 e. The molecule has 0 aliphatic rings. The molecule has 0 bridgehead atoms. The summed E-state index contributed by atoms with van der Waals surface area (Å²) in [5, 5.41) is 0. The number of benzene rings is 1. The molecule has 1 aromatic heterocycles. The Bertz CT molecular complexity index is 781. The first-order valence-electron chi connectivity index (χ1n) is 12.2. The van der Waals surface area contributed by atoms with Crippen LogP contribution in [0.2, 0.25) is 0 Å². The van der Waals surface area contributed by atoms with Gasteiger partial charge in [-0.05, 0) is 62.6 Å². The number of unbranched alkanes of at least 4 members (excludes halogenated alkanes) is 4. The van der Waals surface area contributed by atoms with Gasteiger partial charge in [0, 0.05) is 25.2 Å². The Morgan fingerprint density at radius 1 is 0.875 bits per heavy atom. The van der Waals surface area contributed by atoms with E-state index in [9.17, 15) is 4.79 Å². The average Bonchev–Trinajstić information content (AvgIpc) is 2.82. The van der Waals surface area contributed by atoms with Crippen molar-refractivity contribution in [1.82, 2.24) is 4.98 Å². The highest BCUT2D eigenvalue weighted by molar-refractivity contribution is 5.72. The van der Waals surface area contributed by atoms with Crippen LogP contribution in [-0.4, -0.2) is 24.2 Å². The lowest BCUT2D eigenvalue weighted by Gasteiger charge is -2.07. The molecule has 2 aromatic rings. The van der Waals surface area contributed by atoms with Crippen LogP contribution in [0.1, 0.15) is 77.2 Å². The van der Waals surface area contributed by atoms with E-state index in [1.54, 1.807) is 6.20 Å². The van der Waals surface area contributed by atoms with E-state index in [0.717, 1.165) is 69.4 Å². The molecule has 0 fully saturated rings. The van der Waals surface area contributed by atoms with Crippen molar-refractivity contribution in [3.63, 3.8) is 0 Å². The lowest BCUT2D eigenvalue weighted by molar-refractivity contribution is -0.134. The Labute approximate surface area is 194 Å². The number of hydrogen-bond acceptors (Lipinski definition) is 4. The van der Waals surface area contributed by atoms with Gasteiger partial charge in [-0.15, -0.1) is 0 Å². The molecule has 174 valence electrons. The van der Waals surface area contributed by atoms with Crippen LogP contribution >= 0.6 is 0 Å². The van der Waals surface area contributed by atoms with Gasteiger partial charge in [0.25, 0.3) is 0 Å². The van der Waals surface area contributed by atoms with Gasteiger partial charge in [-0.1, -0.05) is 63.1 Å². The molecular weight excluding hydrogens is 398 g/mol.